The van der Waals surface area contributed by atoms with Crippen molar-refractivity contribution in [1.29, 1.82) is 0 Å². The number of benzene rings is 1. The van der Waals surface area contributed by atoms with E-state index in [1.807, 2.05) is 0 Å². The molecule has 1 aromatic heterocycles. The highest BCUT2D eigenvalue weighted by molar-refractivity contribution is 7.89. The van der Waals surface area contributed by atoms with Crippen molar-refractivity contribution in [2.45, 2.75) is 18.1 Å². The van der Waals surface area contributed by atoms with Crippen LogP contribution in [0.5, 0.6) is 0 Å². The second-order valence-corrected chi connectivity index (χ2v) is 7.41. The molecule has 0 aliphatic heterocycles. The number of amides is 1. The first-order valence-electron chi connectivity index (χ1n) is 6.77. The lowest BCUT2D eigenvalue weighted by Gasteiger charge is -2.07. The third-order valence-corrected chi connectivity index (χ3v) is 5.17. The van der Waals surface area contributed by atoms with Crippen molar-refractivity contribution in [2.24, 2.45) is 5.92 Å². The lowest BCUT2D eigenvalue weighted by Crippen LogP contribution is -2.33. The molecule has 7 heteroatoms. The smallest absolute Gasteiger partial charge is 0.239 e. The topological polar surface area (TPSA) is 76.4 Å². The summed E-state index contributed by atoms with van der Waals surface area (Å²) in [6.45, 7) is 0. The van der Waals surface area contributed by atoms with E-state index < -0.39 is 15.9 Å². The zero-order chi connectivity index (χ0) is 15.7. The molecule has 0 unspecified atom stereocenters. The molecular weight excluding hydrogens is 326 g/mol. The van der Waals surface area contributed by atoms with Crippen LogP contribution >= 0.6 is 11.6 Å². The average molecular weight is 340 g/mol. The van der Waals surface area contributed by atoms with Gasteiger partial charge in [0.1, 0.15) is 5.76 Å². The third kappa shape index (κ3) is 3.34. The Morgan fingerprint density at radius 1 is 1.27 bits per heavy atom. The van der Waals surface area contributed by atoms with Crippen LogP contribution in [0.3, 0.4) is 0 Å². The summed E-state index contributed by atoms with van der Waals surface area (Å²) in [4.78, 5) is 12.0. The van der Waals surface area contributed by atoms with Crippen molar-refractivity contribution in [3.63, 3.8) is 0 Å². The molecule has 0 radical (unpaired) electrons. The Morgan fingerprint density at radius 2 is 2.05 bits per heavy atom. The Morgan fingerprint density at radius 3 is 2.73 bits per heavy atom. The van der Waals surface area contributed by atoms with Crippen molar-refractivity contribution < 1.29 is 17.6 Å². The van der Waals surface area contributed by atoms with Gasteiger partial charge in [-0.2, -0.15) is 0 Å². The maximum Gasteiger partial charge on any atom is 0.239 e. The molecule has 1 fully saturated rings. The molecule has 1 N–H and O–H groups in total. The molecule has 3 rings (SSSR count). The Kier molecular flexibility index (Phi) is 3.97. The quantitative estimate of drug-likeness (QED) is 0.908. The van der Waals surface area contributed by atoms with E-state index in [9.17, 15) is 13.2 Å². The van der Waals surface area contributed by atoms with Gasteiger partial charge in [0.05, 0.1) is 12.0 Å². The van der Waals surface area contributed by atoms with Gasteiger partial charge in [-0.1, -0.05) is 29.8 Å². The zero-order valence-electron chi connectivity index (χ0n) is 11.5. The fraction of sp³-hybridized carbons (Fsp3) is 0.267. The van der Waals surface area contributed by atoms with Crippen molar-refractivity contribution in [2.75, 3.05) is 0 Å². The summed E-state index contributed by atoms with van der Waals surface area (Å²) < 4.78 is 31.5. The van der Waals surface area contributed by atoms with Crippen LogP contribution in [0, 0.1) is 5.92 Å². The van der Waals surface area contributed by atoms with Gasteiger partial charge in [0.25, 0.3) is 0 Å². The van der Waals surface area contributed by atoms with Gasteiger partial charge < -0.3 is 4.42 Å². The van der Waals surface area contributed by atoms with Crippen LogP contribution < -0.4 is 4.72 Å². The number of furan rings is 1. The second-order valence-electron chi connectivity index (χ2n) is 5.28. The molecule has 116 valence electrons. The number of sulfonamides is 1. The Hall–Kier alpha value is -1.79. The molecule has 2 aromatic rings. The van der Waals surface area contributed by atoms with Gasteiger partial charge in [-0.15, -0.1) is 0 Å². The van der Waals surface area contributed by atoms with Crippen LogP contribution in [0.25, 0.3) is 0 Å². The number of nitrogens with one attached hydrogen (secondary N) is 1. The number of hydrogen-bond acceptors (Lipinski definition) is 4. The van der Waals surface area contributed by atoms with Crippen molar-refractivity contribution >= 4 is 27.5 Å². The molecule has 22 heavy (non-hydrogen) atoms. The summed E-state index contributed by atoms with van der Waals surface area (Å²) in [5, 5.41) is 0.361. The molecule has 1 saturated carbocycles. The fourth-order valence-corrected chi connectivity index (χ4v) is 3.86. The summed E-state index contributed by atoms with van der Waals surface area (Å²) >= 11 is 5.94. The van der Waals surface area contributed by atoms with Crippen molar-refractivity contribution in [3.8, 4) is 0 Å². The largest absolute Gasteiger partial charge is 0.469 e. The molecule has 0 bridgehead atoms. The van der Waals surface area contributed by atoms with Crippen LogP contribution in [-0.4, -0.2) is 14.3 Å². The zero-order valence-corrected chi connectivity index (χ0v) is 13.1. The highest BCUT2D eigenvalue weighted by Crippen LogP contribution is 2.47. The summed E-state index contributed by atoms with van der Waals surface area (Å²) in [7, 11) is -3.77. The molecule has 5 nitrogen and oxygen atoms in total. The number of carbonyl (C=O) groups is 1. The molecule has 0 saturated heterocycles. The van der Waals surface area contributed by atoms with Crippen LogP contribution in [-0.2, 0) is 20.6 Å². The van der Waals surface area contributed by atoms with Gasteiger partial charge in [-0.3, -0.25) is 9.52 Å². The molecule has 1 amide bonds. The fourth-order valence-electron chi connectivity index (χ4n) is 2.39. The summed E-state index contributed by atoms with van der Waals surface area (Å²) in [6, 6.07) is 10.2. The van der Waals surface area contributed by atoms with Crippen LogP contribution in [0.1, 0.15) is 23.7 Å². The molecule has 1 aliphatic carbocycles. The highest BCUT2D eigenvalue weighted by Gasteiger charge is 2.46. The lowest BCUT2D eigenvalue weighted by molar-refractivity contribution is -0.120. The number of carbonyl (C=O) groups excluding carboxylic acids is 1. The van der Waals surface area contributed by atoms with Crippen LogP contribution in [0.4, 0.5) is 0 Å². The highest BCUT2D eigenvalue weighted by atomic mass is 35.5. The standard InChI is InChI=1S/C15H14ClNO4S/c16-13-5-2-1-4-10(13)9-22(19,20)17-15(18)12-8-11(12)14-6-3-7-21-14/h1-7,11-12H,8-9H2,(H,17,18)/t11-,12-/m1/s1. The first kappa shape index (κ1) is 15.1. The van der Waals surface area contributed by atoms with Crippen molar-refractivity contribution in [1.82, 2.24) is 4.72 Å². The van der Waals surface area contributed by atoms with Gasteiger partial charge in [0.15, 0.2) is 0 Å². The summed E-state index contributed by atoms with van der Waals surface area (Å²) in [6.07, 6.45) is 2.14. The number of hydrogen-bond donors (Lipinski definition) is 1. The van der Waals surface area contributed by atoms with Crippen LogP contribution in [0.15, 0.2) is 47.1 Å². The van der Waals surface area contributed by atoms with Gasteiger partial charge >= 0.3 is 0 Å². The summed E-state index contributed by atoms with van der Waals surface area (Å²) in [5.41, 5.74) is 0.461. The number of rotatable bonds is 5. The molecule has 2 atom stereocenters. The molecule has 1 aliphatic rings. The maximum atomic E-state index is 12.1. The minimum Gasteiger partial charge on any atom is -0.469 e. The van der Waals surface area contributed by atoms with E-state index in [-0.39, 0.29) is 17.6 Å². The minimum absolute atomic E-state index is 0.0366. The van der Waals surface area contributed by atoms with E-state index in [0.717, 1.165) is 0 Å². The lowest BCUT2D eigenvalue weighted by atomic mass is 10.2. The van der Waals surface area contributed by atoms with E-state index in [4.69, 9.17) is 16.0 Å². The predicted molar refractivity (Wildman–Crippen MR) is 81.8 cm³/mol. The monoisotopic (exact) mass is 339 g/mol. The van der Waals surface area contributed by atoms with Gasteiger partial charge in [0.2, 0.25) is 15.9 Å². The van der Waals surface area contributed by atoms with E-state index in [2.05, 4.69) is 4.72 Å². The maximum absolute atomic E-state index is 12.1. The minimum atomic E-state index is -3.77. The SMILES string of the molecule is O=C(NS(=O)(=O)Cc1ccccc1Cl)[C@@H]1C[C@H]1c1ccco1. The first-order chi connectivity index (χ1) is 10.5. The van der Waals surface area contributed by atoms with Crippen molar-refractivity contribution in [3.05, 3.63) is 59.0 Å². The van der Waals surface area contributed by atoms with Gasteiger partial charge in [-0.05, 0) is 30.2 Å². The molecule has 1 aromatic carbocycles. The molecule has 0 spiro atoms. The summed E-state index contributed by atoms with van der Waals surface area (Å²) in [5.74, 6) is -0.494. The Balaban J connectivity index is 1.63. The number of halogens is 1. The average Bonchev–Trinajstić information content (AvgIpc) is 3.07. The normalized spacial score (nSPS) is 20.6. The van der Waals surface area contributed by atoms with E-state index in [0.29, 0.717) is 22.8 Å². The Bertz CT molecular complexity index is 786. The Labute approximate surface area is 133 Å². The van der Waals surface area contributed by atoms with E-state index in [1.165, 1.54) is 6.26 Å². The van der Waals surface area contributed by atoms with Crippen LogP contribution in [0.2, 0.25) is 5.02 Å². The second kappa shape index (κ2) is 5.78. The van der Waals surface area contributed by atoms with E-state index >= 15 is 0 Å². The van der Waals surface area contributed by atoms with E-state index in [1.54, 1.807) is 36.4 Å². The van der Waals surface area contributed by atoms with Gasteiger partial charge in [-0.25, -0.2) is 8.42 Å². The molecule has 1 heterocycles. The molecular formula is C15H14ClNO4S. The third-order valence-electron chi connectivity index (χ3n) is 3.60. The first-order valence-corrected chi connectivity index (χ1v) is 8.80. The predicted octanol–water partition coefficient (Wildman–Crippen LogP) is 2.68. The van der Waals surface area contributed by atoms with Gasteiger partial charge in [0, 0.05) is 16.9 Å².